The van der Waals surface area contributed by atoms with Crippen molar-refractivity contribution in [2.24, 2.45) is 11.8 Å². The molecule has 1 aromatic heterocycles. The van der Waals surface area contributed by atoms with Gasteiger partial charge < -0.3 is 29.7 Å². The Morgan fingerprint density at radius 1 is 1.17 bits per heavy atom. The summed E-state index contributed by atoms with van der Waals surface area (Å²) < 4.78 is 17.6. The molecule has 0 radical (unpaired) electrons. The van der Waals surface area contributed by atoms with Crippen molar-refractivity contribution in [3.63, 3.8) is 0 Å². The molecule has 2 unspecified atom stereocenters. The summed E-state index contributed by atoms with van der Waals surface area (Å²) in [6.07, 6.45) is 9.33. The van der Waals surface area contributed by atoms with Gasteiger partial charge in [0.05, 0.1) is 25.1 Å². The number of amides is 2. The third-order valence-electron chi connectivity index (χ3n) is 9.48. The van der Waals surface area contributed by atoms with Gasteiger partial charge in [-0.25, -0.2) is 14.8 Å². The summed E-state index contributed by atoms with van der Waals surface area (Å²) in [5.74, 6) is 2.41. The second-order valence-corrected chi connectivity index (χ2v) is 14.7. The van der Waals surface area contributed by atoms with E-state index in [1.807, 2.05) is 52.0 Å². The number of benzene rings is 2. The Labute approximate surface area is 310 Å². The van der Waals surface area contributed by atoms with Gasteiger partial charge in [-0.15, -0.1) is 0 Å². The van der Waals surface area contributed by atoms with E-state index in [1.165, 1.54) is 11.6 Å². The number of allylic oxidation sites excluding steroid dienone is 1. The number of nitrogens with zero attached hydrogens (tertiary/aromatic N) is 3. The summed E-state index contributed by atoms with van der Waals surface area (Å²) in [5, 5.41) is 6.38. The number of hydrogen-bond acceptors (Lipinski definition) is 8. The summed E-state index contributed by atoms with van der Waals surface area (Å²) in [5.41, 5.74) is 5.70. The van der Waals surface area contributed by atoms with Gasteiger partial charge in [0.1, 0.15) is 17.1 Å². The molecule has 0 saturated carbocycles. The SMILES string of the molecule is C=CC(=O)Nc1cc(Nc2nccc(C(=CC)c3cccc4c3CC(CC)CCO4)n2)c(OC)cc1C(CCCN(C)C(=O)OC(C)(C)C)C(C)C. The number of carbonyl (C=O) groups is 2. The van der Waals surface area contributed by atoms with Crippen molar-refractivity contribution >= 4 is 34.9 Å². The lowest BCUT2D eigenvalue weighted by Crippen LogP contribution is -2.34. The van der Waals surface area contributed by atoms with Crippen molar-refractivity contribution in [2.45, 2.75) is 92.1 Å². The van der Waals surface area contributed by atoms with Gasteiger partial charge in [0.2, 0.25) is 11.9 Å². The molecule has 0 saturated heterocycles. The monoisotopic (exact) mass is 711 g/mol. The number of ether oxygens (including phenoxy) is 3. The van der Waals surface area contributed by atoms with Crippen molar-refractivity contribution in [1.29, 1.82) is 0 Å². The van der Waals surface area contributed by atoms with Crippen LogP contribution < -0.4 is 20.1 Å². The van der Waals surface area contributed by atoms with Crippen LogP contribution in [-0.2, 0) is 16.0 Å². The summed E-state index contributed by atoms with van der Waals surface area (Å²) in [6, 6.07) is 12.0. The van der Waals surface area contributed by atoms with Crippen molar-refractivity contribution in [3.05, 3.63) is 83.7 Å². The zero-order valence-corrected chi connectivity index (χ0v) is 32.5. The molecule has 52 heavy (non-hydrogen) atoms. The van der Waals surface area contributed by atoms with E-state index in [2.05, 4.69) is 61.2 Å². The highest BCUT2D eigenvalue weighted by Gasteiger charge is 2.25. The molecule has 3 aromatic rings. The topological polar surface area (TPSA) is 115 Å². The second kappa shape index (κ2) is 18.1. The zero-order valence-electron chi connectivity index (χ0n) is 32.5. The number of fused-ring (bicyclic) bond motifs is 1. The number of nitrogens with one attached hydrogen (secondary N) is 2. The van der Waals surface area contributed by atoms with Crippen LogP contribution in [0.25, 0.3) is 5.57 Å². The van der Waals surface area contributed by atoms with Crippen LogP contribution in [0, 0.1) is 11.8 Å². The first kappa shape index (κ1) is 39.9. The zero-order chi connectivity index (χ0) is 38.0. The Bertz CT molecular complexity index is 1740. The lowest BCUT2D eigenvalue weighted by Gasteiger charge is -2.28. The van der Waals surface area contributed by atoms with Crippen LogP contribution in [0.5, 0.6) is 11.5 Å². The average molecular weight is 712 g/mol. The molecule has 2 amide bonds. The van der Waals surface area contributed by atoms with Gasteiger partial charge in [-0.05, 0) is 113 Å². The van der Waals surface area contributed by atoms with Crippen LogP contribution in [0.3, 0.4) is 0 Å². The predicted octanol–water partition coefficient (Wildman–Crippen LogP) is 9.54. The van der Waals surface area contributed by atoms with Crippen LogP contribution in [0.4, 0.5) is 22.1 Å². The van der Waals surface area contributed by atoms with Crippen LogP contribution >= 0.6 is 0 Å². The van der Waals surface area contributed by atoms with E-state index in [9.17, 15) is 9.59 Å². The van der Waals surface area contributed by atoms with E-state index in [0.717, 1.165) is 66.9 Å². The van der Waals surface area contributed by atoms with E-state index in [0.29, 0.717) is 35.5 Å². The van der Waals surface area contributed by atoms with Crippen LogP contribution in [0.2, 0.25) is 0 Å². The van der Waals surface area contributed by atoms with Crippen LogP contribution in [-0.4, -0.2) is 59.8 Å². The first-order valence-corrected chi connectivity index (χ1v) is 18.4. The van der Waals surface area contributed by atoms with Gasteiger partial charge in [0.15, 0.2) is 0 Å². The third-order valence-corrected chi connectivity index (χ3v) is 9.48. The third kappa shape index (κ3) is 10.4. The maximum Gasteiger partial charge on any atom is 0.410 e. The van der Waals surface area contributed by atoms with Crippen molar-refractivity contribution < 1.29 is 23.8 Å². The fraction of sp³-hybridized carbons (Fsp3) is 0.476. The molecule has 0 fully saturated rings. The molecule has 2 atom stereocenters. The second-order valence-electron chi connectivity index (χ2n) is 14.7. The number of carbonyl (C=O) groups excluding carboxylic acids is 2. The molecule has 1 aliphatic heterocycles. The minimum atomic E-state index is -0.563. The molecule has 4 rings (SSSR count). The fourth-order valence-corrected chi connectivity index (χ4v) is 6.66. The predicted molar refractivity (Wildman–Crippen MR) is 210 cm³/mol. The van der Waals surface area contributed by atoms with Gasteiger partial charge in [0, 0.05) is 36.6 Å². The first-order chi connectivity index (χ1) is 24.8. The maximum absolute atomic E-state index is 12.7. The quantitative estimate of drug-likeness (QED) is 0.159. The lowest BCUT2D eigenvalue weighted by molar-refractivity contribution is -0.111. The molecular formula is C42H57N5O5. The molecule has 0 bridgehead atoms. The summed E-state index contributed by atoms with van der Waals surface area (Å²) in [7, 11) is 3.37. The van der Waals surface area contributed by atoms with E-state index in [-0.39, 0.29) is 23.8 Å². The fourth-order valence-electron chi connectivity index (χ4n) is 6.66. The Balaban J connectivity index is 1.65. The Morgan fingerprint density at radius 3 is 2.60 bits per heavy atom. The standard InChI is InChI=1S/C42H57N5O5/c1-11-28-20-23-51-37-18-14-16-31(33(37)24-28)29(12-2)34-19-21-43-40(45-34)46-36-26-35(44-39(48)13-3)32(25-38(36)50-10)30(27(4)5)17-15-22-47(9)41(49)52-42(6,7)8/h12-14,16,18-19,21,25-28,30H,3,11,15,17,20,22-24H2,1-2,4-10H3,(H,44,48)(H,43,45,46). The highest BCUT2D eigenvalue weighted by atomic mass is 16.6. The van der Waals surface area contributed by atoms with Crippen molar-refractivity contribution in [3.8, 4) is 11.5 Å². The largest absolute Gasteiger partial charge is 0.495 e. The maximum atomic E-state index is 12.7. The van der Waals surface area contributed by atoms with Gasteiger partial charge in [-0.1, -0.05) is 52.0 Å². The molecule has 10 heteroatoms. The van der Waals surface area contributed by atoms with Gasteiger partial charge in [0.25, 0.3) is 0 Å². The lowest BCUT2D eigenvalue weighted by atomic mass is 9.83. The van der Waals surface area contributed by atoms with Crippen molar-refractivity contribution in [1.82, 2.24) is 14.9 Å². The Hall–Kier alpha value is -4.86. The number of rotatable bonds is 14. The summed E-state index contributed by atoms with van der Waals surface area (Å²) in [6.45, 7) is 19.1. The van der Waals surface area contributed by atoms with Crippen LogP contribution in [0.1, 0.15) is 102 Å². The van der Waals surface area contributed by atoms with Gasteiger partial charge >= 0.3 is 6.09 Å². The molecule has 10 nitrogen and oxygen atoms in total. The smallest absolute Gasteiger partial charge is 0.410 e. The molecular weight excluding hydrogens is 654 g/mol. The Kier molecular flexibility index (Phi) is 13.9. The summed E-state index contributed by atoms with van der Waals surface area (Å²) in [4.78, 5) is 36.4. The molecule has 2 aromatic carbocycles. The average Bonchev–Trinajstić information content (AvgIpc) is 3.33. The van der Waals surface area contributed by atoms with E-state index < -0.39 is 5.60 Å². The number of methoxy groups -OCH3 is 1. The molecule has 2 N–H and O–H groups in total. The number of hydrogen-bond donors (Lipinski definition) is 2. The summed E-state index contributed by atoms with van der Waals surface area (Å²) >= 11 is 0. The van der Waals surface area contributed by atoms with E-state index in [4.69, 9.17) is 19.2 Å². The van der Waals surface area contributed by atoms with Gasteiger partial charge in [-0.3, -0.25) is 4.79 Å². The Morgan fingerprint density at radius 2 is 1.94 bits per heavy atom. The van der Waals surface area contributed by atoms with Crippen molar-refractivity contribution in [2.75, 3.05) is 37.9 Å². The highest BCUT2D eigenvalue weighted by Crippen LogP contribution is 2.41. The highest BCUT2D eigenvalue weighted by molar-refractivity contribution is 6.00. The van der Waals surface area contributed by atoms with E-state index in [1.54, 1.807) is 25.3 Å². The molecule has 0 aliphatic carbocycles. The molecule has 280 valence electrons. The van der Waals surface area contributed by atoms with Crippen LogP contribution in [0.15, 0.2) is 61.3 Å². The normalized spacial score (nSPS) is 15.1. The minimum absolute atomic E-state index is 0.0456. The first-order valence-electron chi connectivity index (χ1n) is 18.4. The molecule has 2 heterocycles. The molecule has 0 spiro atoms. The van der Waals surface area contributed by atoms with Gasteiger partial charge in [-0.2, -0.15) is 0 Å². The minimum Gasteiger partial charge on any atom is -0.495 e. The number of anilines is 3. The molecule has 1 aliphatic rings. The van der Waals surface area contributed by atoms with E-state index >= 15 is 0 Å². The number of aromatic nitrogens is 2.